The summed E-state index contributed by atoms with van der Waals surface area (Å²) in [7, 11) is 1.38. The van der Waals surface area contributed by atoms with Crippen LogP contribution >= 0.6 is 11.3 Å². The lowest BCUT2D eigenvalue weighted by atomic mass is 10.2. The lowest BCUT2D eigenvalue weighted by Gasteiger charge is -1.95. The third kappa shape index (κ3) is 11.9. The largest absolute Gasteiger partial charge is 0.465 e. The van der Waals surface area contributed by atoms with Crippen LogP contribution in [0.15, 0.2) is 65.5 Å². The minimum absolute atomic E-state index is 0.300. The number of ether oxygens (including phenoxy) is 1. The first-order chi connectivity index (χ1) is 16.0. The number of aliphatic imine (C=N–C) groups is 1. The zero-order valence-corrected chi connectivity index (χ0v) is 21.8. The van der Waals surface area contributed by atoms with Crippen molar-refractivity contribution < 1.29 is 9.53 Å². The van der Waals surface area contributed by atoms with Crippen molar-refractivity contribution in [2.24, 2.45) is 4.99 Å². The molecule has 1 aliphatic rings. The molecule has 0 aromatic carbocycles. The fourth-order valence-corrected chi connectivity index (χ4v) is 3.27. The van der Waals surface area contributed by atoms with Crippen LogP contribution in [-0.2, 0) is 11.3 Å². The fourth-order valence-electron chi connectivity index (χ4n) is 2.38. The molecule has 0 bridgehead atoms. The Morgan fingerprint density at radius 3 is 2.58 bits per heavy atom. The van der Waals surface area contributed by atoms with E-state index in [1.807, 2.05) is 63.7 Å². The minimum atomic E-state index is -0.300. The van der Waals surface area contributed by atoms with Crippen molar-refractivity contribution in [3.63, 3.8) is 0 Å². The topological polar surface area (TPSA) is 56.5 Å². The molecule has 0 aliphatic heterocycles. The summed E-state index contributed by atoms with van der Waals surface area (Å²) in [6.45, 7) is 12.6. The summed E-state index contributed by atoms with van der Waals surface area (Å²) in [6, 6.07) is 5.59. The number of carbonyl (C=O) groups is 1. The van der Waals surface area contributed by atoms with E-state index in [9.17, 15) is 4.79 Å². The van der Waals surface area contributed by atoms with Crippen molar-refractivity contribution in [1.82, 2.24) is 9.78 Å². The van der Waals surface area contributed by atoms with Crippen LogP contribution in [-0.4, -0.2) is 28.6 Å². The van der Waals surface area contributed by atoms with E-state index in [4.69, 9.17) is 0 Å². The molecule has 2 aromatic rings. The molecule has 0 fully saturated rings. The zero-order chi connectivity index (χ0) is 25.1. The van der Waals surface area contributed by atoms with Crippen LogP contribution in [0.2, 0.25) is 0 Å². The number of aromatic nitrogens is 2. The van der Waals surface area contributed by atoms with Gasteiger partial charge in [-0.2, -0.15) is 5.10 Å². The van der Waals surface area contributed by atoms with E-state index in [0.717, 1.165) is 41.4 Å². The normalized spacial score (nSPS) is 13.3. The van der Waals surface area contributed by atoms with Gasteiger partial charge in [0.2, 0.25) is 0 Å². The Balaban J connectivity index is 0.000000535. The van der Waals surface area contributed by atoms with E-state index in [1.54, 1.807) is 13.0 Å². The van der Waals surface area contributed by atoms with Gasteiger partial charge in [-0.3, -0.25) is 9.67 Å². The van der Waals surface area contributed by atoms with Crippen molar-refractivity contribution >= 4 is 23.0 Å². The first kappa shape index (κ1) is 29.8. The van der Waals surface area contributed by atoms with Gasteiger partial charge in [-0.25, -0.2) is 4.79 Å². The molecule has 5 nitrogen and oxygen atoms in total. The van der Waals surface area contributed by atoms with Crippen molar-refractivity contribution in [2.75, 3.05) is 7.11 Å². The van der Waals surface area contributed by atoms with Crippen molar-refractivity contribution in [3.8, 4) is 22.9 Å². The summed E-state index contributed by atoms with van der Waals surface area (Å²) in [5, 5.41) is 4.37. The van der Waals surface area contributed by atoms with Crippen LogP contribution in [0.4, 0.5) is 0 Å². The number of rotatable bonds is 4. The van der Waals surface area contributed by atoms with Gasteiger partial charge in [0.1, 0.15) is 10.6 Å². The number of esters is 1. The quantitative estimate of drug-likeness (QED) is 0.268. The Kier molecular flexibility index (Phi) is 16.6. The SMILES string of the molecule is C#CC.C/C=C(/C)N=C1C=CCC=CC1.CC.CCn1ccc(-c2ccc(C(=O)OC)s2)n1. The lowest BCUT2D eigenvalue weighted by Crippen LogP contribution is -1.96. The number of thiophene rings is 1. The molecule has 0 N–H and O–H groups in total. The predicted molar refractivity (Wildman–Crippen MR) is 143 cm³/mol. The van der Waals surface area contributed by atoms with E-state index in [2.05, 4.69) is 51.5 Å². The molecule has 0 spiro atoms. The summed E-state index contributed by atoms with van der Waals surface area (Å²) in [5.41, 5.74) is 3.13. The summed E-state index contributed by atoms with van der Waals surface area (Å²) in [6.07, 6.45) is 19.1. The number of hydrogen-bond donors (Lipinski definition) is 0. The summed E-state index contributed by atoms with van der Waals surface area (Å²) < 4.78 is 6.51. The number of methoxy groups -OCH3 is 1. The first-order valence-electron chi connectivity index (χ1n) is 11.1. The van der Waals surface area contributed by atoms with Crippen LogP contribution in [0.1, 0.15) is 64.1 Å². The highest BCUT2D eigenvalue weighted by Crippen LogP contribution is 2.27. The highest BCUT2D eigenvalue weighted by atomic mass is 32.1. The van der Waals surface area contributed by atoms with E-state index in [-0.39, 0.29) is 5.97 Å². The van der Waals surface area contributed by atoms with E-state index < -0.39 is 0 Å². The average molecular weight is 468 g/mol. The first-order valence-corrected chi connectivity index (χ1v) is 11.9. The molecular weight excluding hydrogens is 430 g/mol. The van der Waals surface area contributed by atoms with Gasteiger partial charge in [0.25, 0.3) is 0 Å². The second kappa shape index (κ2) is 18.4. The fraction of sp³-hybridized carbons (Fsp3) is 0.370. The lowest BCUT2D eigenvalue weighted by molar-refractivity contribution is 0.0606. The molecule has 1 aliphatic carbocycles. The Labute approximate surface area is 203 Å². The molecule has 0 amide bonds. The van der Waals surface area contributed by atoms with E-state index in [0.29, 0.717) is 4.88 Å². The number of allylic oxidation sites excluding steroid dienone is 6. The van der Waals surface area contributed by atoms with Crippen molar-refractivity contribution in [2.45, 2.75) is 60.9 Å². The molecule has 178 valence electrons. The number of hydrogen-bond acceptors (Lipinski definition) is 5. The van der Waals surface area contributed by atoms with Crippen LogP contribution in [0.5, 0.6) is 0 Å². The monoisotopic (exact) mass is 467 g/mol. The highest BCUT2D eigenvalue weighted by molar-refractivity contribution is 7.17. The Morgan fingerprint density at radius 1 is 1.30 bits per heavy atom. The molecule has 6 heteroatoms. The molecule has 0 saturated carbocycles. The van der Waals surface area contributed by atoms with Gasteiger partial charge in [-0.05, 0) is 58.4 Å². The third-order valence-corrected chi connectivity index (χ3v) is 5.11. The van der Waals surface area contributed by atoms with Gasteiger partial charge < -0.3 is 4.74 Å². The summed E-state index contributed by atoms with van der Waals surface area (Å²) >= 11 is 1.39. The standard InChI is InChI=1S/C11H12N2O2S.C11H15N.C3H4.C2H6/c1-3-13-7-6-8(12-13)9-4-5-10(16-9)11(14)15-2;1-3-10(2)12-11-8-6-4-5-7-9-11;1-3-2;1-2/h4-7H,3H2,1-2H3;3-4,6-7,9H,5,8H2,1-2H3;1H,2H3;1-2H3/b;10-3-,12-11?;;. The molecule has 2 heterocycles. The van der Waals surface area contributed by atoms with Gasteiger partial charge in [0.05, 0.1) is 12.0 Å². The van der Waals surface area contributed by atoms with Crippen LogP contribution in [0, 0.1) is 12.3 Å². The molecule has 2 aromatic heterocycles. The summed E-state index contributed by atoms with van der Waals surface area (Å²) in [5.74, 6) is 1.95. The van der Waals surface area contributed by atoms with Crippen LogP contribution in [0.25, 0.3) is 10.6 Å². The predicted octanol–water partition coefficient (Wildman–Crippen LogP) is 7.34. The number of carbonyl (C=O) groups excluding carboxylic acids is 1. The molecule has 0 atom stereocenters. The maximum Gasteiger partial charge on any atom is 0.348 e. The zero-order valence-electron chi connectivity index (χ0n) is 21.0. The van der Waals surface area contributed by atoms with Crippen LogP contribution < -0.4 is 0 Å². The molecule has 0 unspecified atom stereocenters. The van der Waals surface area contributed by atoms with E-state index in [1.165, 1.54) is 18.4 Å². The van der Waals surface area contributed by atoms with Crippen LogP contribution in [0.3, 0.4) is 0 Å². The third-order valence-electron chi connectivity index (χ3n) is 4.02. The number of aryl methyl sites for hydroxylation is 1. The van der Waals surface area contributed by atoms with Gasteiger partial charge in [0, 0.05) is 30.6 Å². The minimum Gasteiger partial charge on any atom is -0.465 e. The van der Waals surface area contributed by atoms with Gasteiger partial charge in [-0.1, -0.05) is 38.2 Å². The van der Waals surface area contributed by atoms with Gasteiger partial charge in [0.15, 0.2) is 0 Å². The van der Waals surface area contributed by atoms with E-state index >= 15 is 0 Å². The highest BCUT2D eigenvalue weighted by Gasteiger charge is 2.11. The maximum absolute atomic E-state index is 11.3. The van der Waals surface area contributed by atoms with Gasteiger partial charge >= 0.3 is 5.97 Å². The molecule has 0 saturated heterocycles. The maximum atomic E-state index is 11.3. The molecule has 3 rings (SSSR count). The molecular formula is C27H37N3O2S. The Hall–Kier alpha value is -3.17. The molecule has 33 heavy (non-hydrogen) atoms. The van der Waals surface area contributed by atoms with Crippen molar-refractivity contribution in [1.29, 1.82) is 0 Å². The average Bonchev–Trinajstić information content (AvgIpc) is 3.46. The Bertz CT molecular complexity index is 985. The van der Waals surface area contributed by atoms with Crippen molar-refractivity contribution in [3.05, 3.63) is 65.4 Å². The second-order valence-electron chi connectivity index (χ2n) is 6.35. The second-order valence-corrected chi connectivity index (χ2v) is 7.43. The number of terminal acetylenes is 1. The Morgan fingerprint density at radius 2 is 2.00 bits per heavy atom. The summed E-state index contributed by atoms with van der Waals surface area (Å²) in [4.78, 5) is 17.3. The van der Waals surface area contributed by atoms with Gasteiger partial charge in [-0.15, -0.1) is 23.7 Å². The number of nitrogens with zero attached hydrogens (tertiary/aromatic N) is 3. The molecule has 0 radical (unpaired) electrons. The smallest absolute Gasteiger partial charge is 0.348 e.